The molecule has 0 atom stereocenters. The smallest absolute Gasteiger partial charge is 0.279 e. The summed E-state index contributed by atoms with van der Waals surface area (Å²) in [5.41, 5.74) is 1.84. The molecule has 0 N–H and O–H groups in total. The van der Waals surface area contributed by atoms with E-state index in [1.807, 2.05) is 91.9 Å². The van der Waals surface area contributed by atoms with Crippen LogP contribution in [-0.4, -0.2) is 22.2 Å². The highest BCUT2D eigenvalue weighted by Gasteiger charge is 2.23. The van der Waals surface area contributed by atoms with E-state index in [1.165, 1.54) is 4.68 Å². The van der Waals surface area contributed by atoms with Crippen molar-refractivity contribution in [2.45, 2.75) is 13.5 Å². The van der Waals surface area contributed by atoms with Gasteiger partial charge in [-0.05, 0) is 30.0 Å². The lowest BCUT2D eigenvalue weighted by atomic mass is 10.1. The van der Waals surface area contributed by atoms with Gasteiger partial charge in [0, 0.05) is 17.3 Å². The number of amides is 1. The van der Waals surface area contributed by atoms with Gasteiger partial charge in [0.25, 0.3) is 11.5 Å². The molecule has 0 aliphatic carbocycles. The topological polar surface area (TPSA) is 55.2 Å². The van der Waals surface area contributed by atoms with Crippen molar-refractivity contribution >= 4 is 33.1 Å². The van der Waals surface area contributed by atoms with E-state index in [1.54, 1.807) is 17.0 Å². The first-order valence-electron chi connectivity index (χ1n) is 11.0. The van der Waals surface area contributed by atoms with Crippen molar-refractivity contribution in [3.05, 3.63) is 119 Å². The Morgan fingerprint density at radius 1 is 0.788 bits per heavy atom. The van der Waals surface area contributed by atoms with E-state index in [0.717, 1.165) is 22.0 Å². The number of fused-ring (bicyclic) bond motifs is 2. The summed E-state index contributed by atoms with van der Waals surface area (Å²) in [5, 5.41) is 7.70. The zero-order valence-electron chi connectivity index (χ0n) is 18.3. The van der Waals surface area contributed by atoms with Crippen LogP contribution in [0.3, 0.4) is 0 Å². The summed E-state index contributed by atoms with van der Waals surface area (Å²) in [6.07, 6.45) is 0. The molecule has 0 radical (unpaired) electrons. The Balaban J connectivity index is 1.67. The van der Waals surface area contributed by atoms with Crippen molar-refractivity contribution in [1.82, 2.24) is 9.78 Å². The van der Waals surface area contributed by atoms with Crippen LogP contribution in [0.4, 0.5) is 5.69 Å². The van der Waals surface area contributed by atoms with Crippen LogP contribution in [0.25, 0.3) is 21.5 Å². The minimum Gasteiger partial charge on any atom is -0.307 e. The minimum absolute atomic E-state index is 0.209. The Labute approximate surface area is 191 Å². The van der Waals surface area contributed by atoms with Crippen LogP contribution in [-0.2, 0) is 6.54 Å². The predicted molar refractivity (Wildman–Crippen MR) is 133 cm³/mol. The van der Waals surface area contributed by atoms with E-state index in [2.05, 4.69) is 5.10 Å². The molecule has 5 nitrogen and oxygen atoms in total. The summed E-state index contributed by atoms with van der Waals surface area (Å²) in [6, 6.07) is 30.8. The Morgan fingerprint density at radius 2 is 1.42 bits per heavy atom. The SMILES string of the molecule is CCN(C(=O)c1nn(Cc2ccccc2)c(=O)c2ccccc12)c1cccc2ccccc12. The van der Waals surface area contributed by atoms with Crippen LogP contribution in [0.1, 0.15) is 23.0 Å². The van der Waals surface area contributed by atoms with Crippen molar-refractivity contribution in [1.29, 1.82) is 0 Å². The molecule has 0 aliphatic rings. The molecular weight excluding hydrogens is 410 g/mol. The van der Waals surface area contributed by atoms with Gasteiger partial charge < -0.3 is 4.90 Å². The van der Waals surface area contributed by atoms with E-state index < -0.39 is 0 Å². The quantitative estimate of drug-likeness (QED) is 0.380. The third-order valence-corrected chi connectivity index (χ3v) is 5.86. The molecule has 162 valence electrons. The van der Waals surface area contributed by atoms with Crippen molar-refractivity contribution in [3.8, 4) is 0 Å². The van der Waals surface area contributed by atoms with Crippen molar-refractivity contribution < 1.29 is 4.79 Å². The monoisotopic (exact) mass is 433 g/mol. The fourth-order valence-corrected chi connectivity index (χ4v) is 4.25. The van der Waals surface area contributed by atoms with E-state index in [4.69, 9.17) is 0 Å². The lowest BCUT2D eigenvalue weighted by molar-refractivity contribution is 0.0983. The minimum atomic E-state index is -0.230. The predicted octanol–water partition coefficient (Wildman–Crippen LogP) is 5.26. The molecule has 4 aromatic carbocycles. The molecule has 5 heteroatoms. The van der Waals surface area contributed by atoms with E-state index in [-0.39, 0.29) is 17.2 Å². The number of nitrogens with zero attached hydrogens (tertiary/aromatic N) is 3. The molecule has 0 unspecified atom stereocenters. The van der Waals surface area contributed by atoms with Crippen LogP contribution in [0.15, 0.2) is 102 Å². The Bertz CT molecular complexity index is 1520. The van der Waals surface area contributed by atoms with Crippen LogP contribution >= 0.6 is 0 Å². The summed E-state index contributed by atoms with van der Waals surface area (Å²) in [4.78, 5) is 28.8. The first-order chi connectivity index (χ1) is 16.2. The maximum absolute atomic E-state index is 13.9. The third-order valence-electron chi connectivity index (χ3n) is 5.86. The molecule has 5 rings (SSSR count). The average Bonchev–Trinajstić information content (AvgIpc) is 2.87. The molecule has 0 bridgehead atoms. The van der Waals surface area contributed by atoms with Crippen LogP contribution in [0.5, 0.6) is 0 Å². The Morgan fingerprint density at radius 3 is 2.18 bits per heavy atom. The lowest BCUT2D eigenvalue weighted by Crippen LogP contribution is -2.34. The van der Waals surface area contributed by atoms with Crippen LogP contribution in [0.2, 0.25) is 0 Å². The maximum Gasteiger partial charge on any atom is 0.279 e. The lowest BCUT2D eigenvalue weighted by Gasteiger charge is -2.23. The van der Waals surface area contributed by atoms with Gasteiger partial charge in [0.05, 0.1) is 17.6 Å². The molecular formula is C28H23N3O2. The summed E-state index contributed by atoms with van der Waals surface area (Å²) < 4.78 is 1.39. The molecule has 0 saturated heterocycles. The maximum atomic E-state index is 13.9. The number of carbonyl (C=O) groups excluding carboxylic acids is 1. The van der Waals surface area contributed by atoms with Gasteiger partial charge >= 0.3 is 0 Å². The summed E-state index contributed by atoms with van der Waals surface area (Å²) in [6.45, 7) is 2.72. The first kappa shape index (κ1) is 20.6. The second-order valence-electron chi connectivity index (χ2n) is 7.89. The first-order valence-corrected chi connectivity index (χ1v) is 11.0. The highest BCUT2D eigenvalue weighted by Crippen LogP contribution is 2.28. The fourth-order valence-electron chi connectivity index (χ4n) is 4.25. The number of rotatable bonds is 5. The second-order valence-corrected chi connectivity index (χ2v) is 7.89. The molecule has 33 heavy (non-hydrogen) atoms. The Hall–Kier alpha value is -4.25. The zero-order valence-corrected chi connectivity index (χ0v) is 18.3. The molecule has 0 spiro atoms. The molecule has 0 aliphatic heterocycles. The van der Waals surface area contributed by atoms with Gasteiger partial charge in [-0.1, -0.05) is 84.9 Å². The number of carbonyl (C=O) groups is 1. The standard InChI is InChI=1S/C28H23N3O2/c1-2-30(25-18-10-14-21-13-6-7-15-22(21)25)28(33)26-23-16-8-9-17-24(23)27(32)31(29-26)19-20-11-4-3-5-12-20/h3-18H,2,19H2,1H3. The number of anilines is 1. The fraction of sp³-hybridized carbons (Fsp3) is 0.107. The van der Waals surface area contributed by atoms with Gasteiger partial charge in [-0.25, -0.2) is 4.68 Å². The molecule has 1 aromatic heterocycles. The number of hydrogen-bond acceptors (Lipinski definition) is 3. The van der Waals surface area contributed by atoms with Crippen molar-refractivity contribution in [2.24, 2.45) is 0 Å². The van der Waals surface area contributed by atoms with Crippen LogP contribution < -0.4 is 10.5 Å². The van der Waals surface area contributed by atoms with Crippen molar-refractivity contribution in [2.75, 3.05) is 11.4 Å². The number of aromatic nitrogens is 2. The zero-order chi connectivity index (χ0) is 22.8. The highest BCUT2D eigenvalue weighted by atomic mass is 16.2. The van der Waals surface area contributed by atoms with E-state index in [9.17, 15) is 9.59 Å². The molecule has 5 aromatic rings. The number of hydrogen-bond donors (Lipinski definition) is 0. The molecule has 0 saturated carbocycles. The van der Waals surface area contributed by atoms with Gasteiger partial charge in [0.15, 0.2) is 5.69 Å². The summed E-state index contributed by atoms with van der Waals surface area (Å²) >= 11 is 0. The highest BCUT2D eigenvalue weighted by molar-refractivity contribution is 6.15. The van der Waals surface area contributed by atoms with Gasteiger partial charge in [0.1, 0.15) is 0 Å². The molecule has 0 fully saturated rings. The summed E-state index contributed by atoms with van der Waals surface area (Å²) in [7, 11) is 0. The van der Waals surface area contributed by atoms with E-state index in [0.29, 0.717) is 23.9 Å². The normalized spacial score (nSPS) is 11.1. The molecule has 1 heterocycles. The average molecular weight is 434 g/mol. The van der Waals surface area contributed by atoms with Gasteiger partial charge in [-0.2, -0.15) is 5.10 Å². The largest absolute Gasteiger partial charge is 0.307 e. The van der Waals surface area contributed by atoms with E-state index >= 15 is 0 Å². The van der Waals surface area contributed by atoms with Crippen molar-refractivity contribution in [3.63, 3.8) is 0 Å². The third kappa shape index (κ3) is 3.78. The number of benzene rings is 4. The Kier molecular flexibility index (Phi) is 5.45. The van der Waals surface area contributed by atoms with Gasteiger partial charge in [-0.3, -0.25) is 9.59 Å². The van der Waals surface area contributed by atoms with Crippen LogP contribution in [0, 0.1) is 0 Å². The second kappa shape index (κ2) is 8.71. The summed E-state index contributed by atoms with van der Waals surface area (Å²) in [5.74, 6) is -0.230. The molecule has 1 amide bonds. The van der Waals surface area contributed by atoms with Gasteiger partial charge in [0.2, 0.25) is 0 Å². The van der Waals surface area contributed by atoms with Gasteiger partial charge in [-0.15, -0.1) is 0 Å².